The molecule has 3 heterocycles. The van der Waals surface area contributed by atoms with E-state index in [4.69, 9.17) is 0 Å². The van der Waals surface area contributed by atoms with E-state index in [-0.39, 0.29) is 11.7 Å². The highest BCUT2D eigenvalue weighted by Crippen LogP contribution is 2.37. The van der Waals surface area contributed by atoms with Gasteiger partial charge in [0, 0.05) is 36.5 Å². The molecule has 2 N–H and O–H groups in total. The molecule has 2 amide bonds. The van der Waals surface area contributed by atoms with Gasteiger partial charge < -0.3 is 15.1 Å². The topological polar surface area (TPSA) is 107 Å². The maximum Gasteiger partial charge on any atom is 0.293 e. The van der Waals surface area contributed by atoms with Gasteiger partial charge in [-0.1, -0.05) is 6.92 Å². The molecule has 2 aliphatic rings. The molecule has 1 fully saturated rings. The van der Waals surface area contributed by atoms with E-state index < -0.39 is 11.9 Å². The highest BCUT2D eigenvalue weighted by Gasteiger charge is 2.31. The maximum atomic E-state index is 13.0. The van der Waals surface area contributed by atoms with Gasteiger partial charge in [-0.25, -0.2) is 0 Å². The number of thioether (sulfide) groups is 1. The van der Waals surface area contributed by atoms with Gasteiger partial charge >= 0.3 is 0 Å². The summed E-state index contributed by atoms with van der Waals surface area (Å²) in [5.74, 6) is 0.358. The summed E-state index contributed by atoms with van der Waals surface area (Å²) in [6, 6.07) is 5.62. The molecule has 9 nitrogen and oxygen atoms in total. The molecule has 0 spiro atoms. The molecule has 0 aliphatic carbocycles. The summed E-state index contributed by atoms with van der Waals surface area (Å²) >= 11 is 1.56. The van der Waals surface area contributed by atoms with Crippen LogP contribution in [0, 0.1) is 5.92 Å². The zero-order valence-corrected chi connectivity index (χ0v) is 16.7. The number of carbonyl (C=O) groups is 2. The van der Waals surface area contributed by atoms with Crippen LogP contribution in [0.3, 0.4) is 0 Å². The molecule has 0 unspecified atom stereocenters. The Morgan fingerprint density at radius 3 is 3.00 bits per heavy atom. The fraction of sp³-hybridized carbons (Fsp3) is 0.500. The average Bonchev–Trinajstić information content (AvgIpc) is 3.21. The Labute approximate surface area is 167 Å². The number of H-pyrrole nitrogens is 1. The Bertz CT molecular complexity index is 873. The van der Waals surface area contributed by atoms with Gasteiger partial charge in [-0.15, -0.1) is 22.0 Å². The Hall–Kier alpha value is -2.62. The van der Waals surface area contributed by atoms with Gasteiger partial charge in [0.1, 0.15) is 6.04 Å². The number of rotatable bonds is 3. The van der Waals surface area contributed by atoms with Crippen molar-refractivity contribution in [2.45, 2.75) is 30.7 Å². The summed E-state index contributed by atoms with van der Waals surface area (Å²) in [7, 11) is 1.75. The van der Waals surface area contributed by atoms with Crippen LogP contribution in [0.4, 0.5) is 11.4 Å². The van der Waals surface area contributed by atoms with E-state index in [0.29, 0.717) is 11.7 Å². The van der Waals surface area contributed by atoms with Gasteiger partial charge in [-0.3, -0.25) is 9.59 Å². The predicted octanol–water partition coefficient (Wildman–Crippen LogP) is 1.30. The average molecular weight is 401 g/mol. The van der Waals surface area contributed by atoms with Crippen molar-refractivity contribution in [3.05, 3.63) is 24.0 Å². The number of aromatic amines is 1. The first-order valence-electron chi connectivity index (χ1n) is 9.36. The number of aromatic nitrogens is 4. The van der Waals surface area contributed by atoms with E-state index in [0.717, 1.165) is 29.4 Å². The van der Waals surface area contributed by atoms with Crippen molar-refractivity contribution in [1.29, 1.82) is 0 Å². The molecule has 4 rings (SSSR count). The van der Waals surface area contributed by atoms with Gasteiger partial charge in [0.2, 0.25) is 5.91 Å². The van der Waals surface area contributed by atoms with Crippen molar-refractivity contribution >= 4 is 35.0 Å². The molecule has 2 atom stereocenters. The summed E-state index contributed by atoms with van der Waals surface area (Å²) in [5, 5.41) is 15.7. The second-order valence-corrected chi connectivity index (χ2v) is 8.38. The van der Waals surface area contributed by atoms with E-state index in [1.54, 1.807) is 23.7 Å². The van der Waals surface area contributed by atoms with Crippen molar-refractivity contribution in [1.82, 2.24) is 25.9 Å². The lowest BCUT2D eigenvalue weighted by molar-refractivity contribution is -0.119. The van der Waals surface area contributed by atoms with E-state index in [9.17, 15) is 9.59 Å². The number of hydrogen-bond donors (Lipinski definition) is 2. The lowest BCUT2D eigenvalue weighted by Crippen LogP contribution is -2.48. The highest BCUT2D eigenvalue weighted by atomic mass is 32.2. The van der Waals surface area contributed by atoms with Gasteiger partial charge in [0.05, 0.1) is 5.69 Å². The Balaban J connectivity index is 1.53. The van der Waals surface area contributed by atoms with E-state index in [1.165, 1.54) is 12.8 Å². The van der Waals surface area contributed by atoms with Crippen LogP contribution in [0.2, 0.25) is 0 Å². The van der Waals surface area contributed by atoms with Gasteiger partial charge in [-0.2, -0.15) is 5.21 Å². The Morgan fingerprint density at radius 1 is 1.39 bits per heavy atom. The number of fused-ring (bicyclic) bond motifs is 1. The van der Waals surface area contributed by atoms with Crippen LogP contribution in [0.1, 0.15) is 30.4 Å². The Morgan fingerprint density at radius 2 is 2.25 bits per heavy atom. The third-order valence-corrected chi connectivity index (χ3v) is 6.37. The number of hydrogen-bond acceptors (Lipinski definition) is 7. The summed E-state index contributed by atoms with van der Waals surface area (Å²) in [4.78, 5) is 30.2. The standard InChI is InChI=1S/C18H23N7O2S/c1-11-4-3-7-25(9-11)12-5-6-15-14(8-12)24(2)18(27)13(10-28-15)19-17(26)16-20-22-23-21-16/h5-6,8,11,13H,3-4,7,9-10H2,1-2H3,(H,19,26)(H,20,21,22,23)/t11-,13+/m1/s1. The molecular formula is C18H23N7O2S. The smallest absolute Gasteiger partial charge is 0.293 e. The second kappa shape index (κ2) is 7.78. The van der Waals surface area contributed by atoms with Crippen LogP contribution in [0.5, 0.6) is 0 Å². The van der Waals surface area contributed by atoms with Crippen LogP contribution in [0.15, 0.2) is 23.1 Å². The number of anilines is 2. The number of tetrazole rings is 1. The van der Waals surface area contributed by atoms with E-state index in [1.807, 2.05) is 0 Å². The van der Waals surface area contributed by atoms with Crippen LogP contribution < -0.4 is 15.1 Å². The van der Waals surface area contributed by atoms with Crippen LogP contribution in [-0.2, 0) is 4.79 Å². The SMILES string of the molecule is C[C@@H]1CCCN(c2ccc3c(c2)N(C)C(=O)[C@@H](NC(=O)c2nn[nH]n2)CS3)C1. The first-order chi connectivity index (χ1) is 13.5. The minimum atomic E-state index is -0.660. The maximum absolute atomic E-state index is 13.0. The highest BCUT2D eigenvalue weighted by molar-refractivity contribution is 7.99. The number of amides is 2. The molecule has 10 heteroatoms. The lowest BCUT2D eigenvalue weighted by atomic mass is 9.99. The fourth-order valence-corrected chi connectivity index (χ4v) is 4.77. The molecule has 0 radical (unpaired) electrons. The van der Waals surface area contributed by atoms with Crippen molar-refractivity contribution in [3.63, 3.8) is 0 Å². The number of nitrogens with one attached hydrogen (secondary N) is 2. The molecule has 0 saturated carbocycles. The first kappa shape index (κ1) is 18.7. The van der Waals surface area contributed by atoms with Crippen molar-refractivity contribution in [2.75, 3.05) is 35.7 Å². The summed E-state index contributed by atoms with van der Waals surface area (Å²) in [6.45, 7) is 4.35. The minimum absolute atomic E-state index is 0.0799. The number of piperidine rings is 1. The molecule has 1 aromatic heterocycles. The molecule has 0 bridgehead atoms. The molecule has 2 aromatic rings. The minimum Gasteiger partial charge on any atom is -0.371 e. The number of likely N-dealkylation sites (N-methyl/N-ethyl adjacent to an activating group) is 1. The second-order valence-electron chi connectivity index (χ2n) is 7.32. The fourth-order valence-electron chi connectivity index (χ4n) is 3.69. The number of nitrogens with zero attached hydrogens (tertiary/aromatic N) is 5. The summed E-state index contributed by atoms with van der Waals surface area (Å²) in [5.41, 5.74) is 2.02. The molecule has 148 valence electrons. The van der Waals surface area contributed by atoms with Crippen molar-refractivity contribution in [2.24, 2.45) is 5.92 Å². The largest absolute Gasteiger partial charge is 0.371 e. The van der Waals surface area contributed by atoms with Crippen LogP contribution in [0.25, 0.3) is 0 Å². The molecule has 1 saturated heterocycles. The van der Waals surface area contributed by atoms with Gasteiger partial charge in [0.15, 0.2) is 0 Å². The summed E-state index contributed by atoms with van der Waals surface area (Å²) < 4.78 is 0. The predicted molar refractivity (Wildman–Crippen MR) is 107 cm³/mol. The third kappa shape index (κ3) is 3.68. The Kier molecular flexibility index (Phi) is 5.21. The van der Waals surface area contributed by atoms with Crippen molar-refractivity contribution < 1.29 is 9.59 Å². The normalized spacial score (nSPS) is 22.6. The van der Waals surface area contributed by atoms with E-state index in [2.05, 4.69) is 56.0 Å². The van der Waals surface area contributed by atoms with Crippen LogP contribution >= 0.6 is 11.8 Å². The van der Waals surface area contributed by atoms with Gasteiger partial charge in [-0.05, 0) is 42.2 Å². The summed E-state index contributed by atoms with van der Waals surface area (Å²) in [6.07, 6.45) is 2.45. The third-order valence-electron chi connectivity index (χ3n) is 5.21. The zero-order chi connectivity index (χ0) is 19.7. The lowest BCUT2D eigenvalue weighted by Gasteiger charge is -2.33. The zero-order valence-electron chi connectivity index (χ0n) is 15.9. The van der Waals surface area contributed by atoms with Gasteiger partial charge in [0.25, 0.3) is 11.7 Å². The number of carbonyl (C=O) groups excluding carboxylic acids is 2. The molecule has 2 aliphatic heterocycles. The van der Waals surface area contributed by atoms with Crippen LogP contribution in [-0.4, -0.2) is 64.4 Å². The monoisotopic (exact) mass is 401 g/mol. The molecule has 1 aromatic carbocycles. The first-order valence-corrected chi connectivity index (χ1v) is 10.3. The van der Waals surface area contributed by atoms with Crippen molar-refractivity contribution in [3.8, 4) is 0 Å². The number of benzene rings is 1. The molecular weight excluding hydrogens is 378 g/mol. The molecule has 28 heavy (non-hydrogen) atoms. The van der Waals surface area contributed by atoms with E-state index >= 15 is 0 Å². The quantitative estimate of drug-likeness (QED) is 0.798.